The van der Waals surface area contributed by atoms with E-state index in [1.54, 1.807) is 19.1 Å². The first-order valence-corrected chi connectivity index (χ1v) is 8.22. The van der Waals surface area contributed by atoms with Gasteiger partial charge in [-0.05, 0) is 24.1 Å². The highest BCUT2D eigenvalue weighted by atomic mass is 16.6. The van der Waals surface area contributed by atoms with Gasteiger partial charge in [-0.25, -0.2) is 0 Å². The number of nitro benzene ring substituents is 1. The van der Waals surface area contributed by atoms with Crippen LogP contribution in [-0.4, -0.2) is 10.8 Å². The first-order chi connectivity index (χ1) is 12.6. The summed E-state index contributed by atoms with van der Waals surface area (Å²) >= 11 is 0. The number of hydrogen-bond donors (Lipinski definition) is 1. The summed E-state index contributed by atoms with van der Waals surface area (Å²) in [4.78, 5) is 23.4. The predicted molar refractivity (Wildman–Crippen MR) is 100 cm³/mol. The van der Waals surface area contributed by atoms with E-state index in [4.69, 9.17) is 0 Å². The maximum atomic E-state index is 12.8. The van der Waals surface area contributed by atoms with Crippen molar-refractivity contribution >= 4 is 11.6 Å². The Balaban J connectivity index is 1.94. The number of aryl methyl sites for hydroxylation is 1. The summed E-state index contributed by atoms with van der Waals surface area (Å²) < 4.78 is 0. The lowest BCUT2D eigenvalue weighted by atomic mass is 9.98. The second-order valence-corrected chi connectivity index (χ2v) is 5.99. The highest BCUT2D eigenvalue weighted by Crippen LogP contribution is 2.24. The molecule has 0 aliphatic rings. The van der Waals surface area contributed by atoms with Gasteiger partial charge in [-0.15, -0.1) is 0 Å². The van der Waals surface area contributed by atoms with Gasteiger partial charge in [0.05, 0.1) is 11.0 Å². The third-order valence-corrected chi connectivity index (χ3v) is 4.21. The fourth-order valence-electron chi connectivity index (χ4n) is 2.81. The molecule has 0 unspecified atom stereocenters. The number of carbonyl (C=O) groups excluding carboxylic acids is 1. The van der Waals surface area contributed by atoms with Crippen LogP contribution in [0.2, 0.25) is 0 Å². The first-order valence-electron chi connectivity index (χ1n) is 8.22. The van der Waals surface area contributed by atoms with Gasteiger partial charge in [-0.1, -0.05) is 66.7 Å². The van der Waals surface area contributed by atoms with Crippen molar-refractivity contribution in [2.45, 2.75) is 13.0 Å². The normalized spacial score (nSPS) is 10.5. The van der Waals surface area contributed by atoms with Crippen LogP contribution >= 0.6 is 0 Å². The second kappa shape index (κ2) is 7.61. The molecule has 5 nitrogen and oxygen atoms in total. The summed E-state index contributed by atoms with van der Waals surface area (Å²) in [5.74, 6) is -0.356. The van der Waals surface area contributed by atoms with Crippen molar-refractivity contribution in [2.24, 2.45) is 0 Å². The molecule has 0 saturated carbocycles. The van der Waals surface area contributed by atoms with Crippen LogP contribution in [0.3, 0.4) is 0 Å². The van der Waals surface area contributed by atoms with E-state index >= 15 is 0 Å². The summed E-state index contributed by atoms with van der Waals surface area (Å²) in [5, 5.41) is 14.1. The Morgan fingerprint density at radius 1 is 0.923 bits per heavy atom. The molecular formula is C21H18N2O3. The number of amides is 1. The molecule has 0 atom stereocenters. The summed E-state index contributed by atoms with van der Waals surface area (Å²) in [5.41, 5.74) is 2.60. The SMILES string of the molecule is Cc1ccc(C(=O)NC(c2ccccc2)c2ccccc2)cc1[N+](=O)[O-]. The fourth-order valence-corrected chi connectivity index (χ4v) is 2.81. The van der Waals surface area contributed by atoms with Gasteiger partial charge in [-0.3, -0.25) is 14.9 Å². The molecule has 3 aromatic rings. The lowest BCUT2D eigenvalue weighted by Gasteiger charge is -2.20. The van der Waals surface area contributed by atoms with E-state index in [9.17, 15) is 14.9 Å². The minimum absolute atomic E-state index is 0.0615. The fraction of sp³-hybridized carbons (Fsp3) is 0.0952. The largest absolute Gasteiger partial charge is 0.341 e. The van der Waals surface area contributed by atoms with Gasteiger partial charge < -0.3 is 5.32 Å². The molecule has 0 aliphatic carbocycles. The summed E-state index contributed by atoms with van der Waals surface area (Å²) in [6.45, 7) is 1.65. The van der Waals surface area contributed by atoms with Crippen LogP contribution in [0.1, 0.15) is 33.1 Å². The quantitative estimate of drug-likeness (QED) is 0.549. The molecule has 0 saturated heterocycles. The molecule has 0 heterocycles. The van der Waals surface area contributed by atoms with Gasteiger partial charge in [0.25, 0.3) is 11.6 Å². The monoisotopic (exact) mass is 346 g/mol. The smallest absolute Gasteiger partial charge is 0.273 e. The number of carbonyl (C=O) groups is 1. The standard InChI is InChI=1S/C21H18N2O3/c1-15-12-13-18(14-19(15)23(25)26)21(24)22-20(16-8-4-2-5-9-16)17-10-6-3-7-11-17/h2-14,20H,1H3,(H,22,24). The van der Waals surface area contributed by atoms with E-state index < -0.39 is 4.92 Å². The van der Waals surface area contributed by atoms with E-state index in [2.05, 4.69) is 5.32 Å². The van der Waals surface area contributed by atoms with Gasteiger partial charge in [0, 0.05) is 17.2 Å². The second-order valence-electron chi connectivity index (χ2n) is 5.99. The molecule has 0 aliphatic heterocycles. The molecule has 3 aromatic carbocycles. The molecule has 0 spiro atoms. The van der Waals surface area contributed by atoms with Crippen molar-refractivity contribution in [3.05, 3.63) is 111 Å². The molecule has 130 valence electrons. The topological polar surface area (TPSA) is 72.2 Å². The zero-order valence-corrected chi connectivity index (χ0v) is 14.3. The van der Waals surface area contributed by atoms with Crippen LogP contribution in [0.4, 0.5) is 5.69 Å². The van der Waals surface area contributed by atoms with Crippen molar-refractivity contribution in [2.75, 3.05) is 0 Å². The van der Waals surface area contributed by atoms with Crippen LogP contribution in [0.15, 0.2) is 78.9 Å². The van der Waals surface area contributed by atoms with E-state index in [0.717, 1.165) is 11.1 Å². The molecule has 3 rings (SSSR count). The van der Waals surface area contributed by atoms with Crippen molar-refractivity contribution in [3.63, 3.8) is 0 Å². The van der Waals surface area contributed by atoms with Crippen molar-refractivity contribution in [1.82, 2.24) is 5.32 Å². The van der Waals surface area contributed by atoms with Crippen LogP contribution in [0.25, 0.3) is 0 Å². The number of hydrogen-bond acceptors (Lipinski definition) is 3. The van der Waals surface area contributed by atoms with Gasteiger partial charge in [0.15, 0.2) is 0 Å². The molecule has 1 N–H and O–H groups in total. The first kappa shape index (κ1) is 17.4. The minimum atomic E-state index is -0.474. The Morgan fingerprint density at radius 3 is 1.96 bits per heavy atom. The molecule has 0 radical (unpaired) electrons. The number of benzene rings is 3. The molecule has 0 aromatic heterocycles. The van der Waals surface area contributed by atoms with Gasteiger partial charge in [0.2, 0.25) is 0 Å². The lowest BCUT2D eigenvalue weighted by Crippen LogP contribution is -2.29. The predicted octanol–water partition coefficient (Wildman–Crippen LogP) is 4.42. The maximum Gasteiger partial charge on any atom is 0.273 e. The average Bonchev–Trinajstić information content (AvgIpc) is 2.67. The molecule has 5 heteroatoms. The van der Waals surface area contributed by atoms with Crippen molar-refractivity contribution in [1.29, 1.82) is 0 Å². The van der Waals surface area contributed by atoms with Crippen molar-refractivity contribution < 1.29 is 9.72 Å². The Morgan fingerprint density at radius 2 is 1.46 bits per heavy atom. The van der Waals surface area contributed by atoms with Crippen LogP contribution < -0.4 is 5.32 Å². The third kappa shape index (κ3) is 3.78. The number of nitrogens with zero attached hydrogens (tertiary/aromatic N) is 1. The number of rotatable bonds is 5. The summed E-state index contributed by atoms with van der Waals surface area (Å²) in [6, 6.07) is 23.4. The van der Waals surface area contributed by atoms with Crippen LogP contribution in [0.5, 0.6) is 0 Å². The summed E-state index contributed by atoms with van der Waals surface area (Å²) in [6.07, 6.45) is 0. The van der Waals surface area contributed by atoms with E-state index in [0.29, 0.717) is 5.56 Å². The molecule has 0 fully saturated rings. The Bertz CT molecular complexity index is 885. The third-order valence-electron chi connectivity index (χ3n) is 4.21. The lowest BCUT2D eigenvalue weighted by molar-refractivity contribution is -0.385. The minimum Gasteiger partial charge on any atom is -0.341 e. The zero-order valence-electron chi connectivity index (χ0n) is 14.3. The highest BCUT2D eigenvalue weighted by molar-refractivity contribution is 5.95. The van der Waals surface area contributed by atoms with Crippen LogP contribution in [-0.2, 0) is 0 Å². The Labute approximate surface area is 151 Å². The molecule has 26 heavy (non-hydrogen) atoms. The summed E-state index contributed by atoms with van der Waals surface area (Å²) in [7, 11) is 0. The van der Waals surface area contributed by atoms with E-state index in [-0.39, 0.29) is 23.2 Å². The molecule has 1 amide bonds. The zero-order chi connectivity index (χ0) is 18.5. The van der Waals surface area contributed by atoms with Gasteiger partial charge >= 0.3 is 0 Å². The van der Waals surface area contributed by atoms with Crippen LogP contribution in [0, 0.1) is 17.0 Å². The maximum absolute atomic E-state index is 12.8. The van der Waals surface area contributed by atoms with E-state index in [1.807, 2.05) is 60.7 Å². The highest BCUT2D eigenvalue weighted by Gasteiger charge is 2.20. The Kier molecular flexibility index (Phi) is 5.08. The van der Waals surface area contributed by atoms with Crippen molar-refractivity contribution in [3.8, 4) is 0 Å². The number of nitro groups is 1. The van der Waals surface area contributed by atoms with Gasteiger partial charge in [-0.2, -0.15) is 0 Å². The Hall–Kier alpha value is -3.47. The van der Waals surface area contributed by atoms with Gasteiger partial charge in [0.1, 0.15) is 0 Å². The molecular weight excluding hydrogens is 328 g/mol. The average molecular weight is 346 g/mol. The van der Waals surface area contributed by atoms with E-state index in [1.165, 1.54) is 6.07 Å². The molecule has 0 bridgehead atoms. The number of nitrogens with one attached hydrogen (secondary N) is 1.